The zero-order valence-electron chi connectivity index (χ0n) is 12.2. The van der Waals surface area contributed by atoms with Gasteiger partial charge in [-0.2, -0.15) is 0 Å². The molecule has 110 valence electrons. The number of phenols is 1. The summed E-state index contributed by atoms with van der Waals surface area (Å²) in [6.07, 6.45) is 0. The van der Waals surface area contributed by atoms with Crippen molar-refractivity contribution in [2.45, 2.75) is 12.8 Å². The molecule has 4 nitrogen and oxygen atoms in total. The highest BCUT2D eigenvalue weighted by atomic mass is 16.5. The molecule has 0 fully saturated rings. The Labute approximate surface area is 124 Å². The molecule has 0 saturated carbocycles. The first-order chi connectivity index (χ1) is 10.1. The molecule has 2 aromatic rings. The van der Waals surface area contributed by atoms with Crippen molar-refractivity contribution in [1.29, 1.82) is 0 Å². The molecule has 0 aliphatic heterocycles. The van der Waals surface area contributed by atoms with E-state index in [0.29, 0.717) is 17.9 Å². The van der Waals surface area contributed by atoms with E-state index in [9.17, 15) is 9.90 Å². The van der Waals surface area contributed by atoms with E-state index in [0.717, 1.165) is 0 Å². The van der Waals surface area contributed by atoms with Crippen LogP contribution in [0.4, 0.5) is 0 Å². The van der Waals surface area contributed by atoms with Gasteiger partial charge in [0.1, 0.15) is 0 Å². The average molecular weight is 285 g/mol. The Hall–Kier alpha value is -2.49. The van der Waals surface area contributed by atoms with Gasteiger partial charge in [0.15, 0.2) is 11.5 Å². The standard InChI is InChI=1S/C17H19NO3/c1-12(13-6-4-3-5-7-13)11-18-17(20)14-8-9-16(21-2)15(19)10-14/h3-10,12,19H,11H2,1-2H3,(H,18,20). The lowest BCUT2D eigenvalue weighted by Gasteiger charge is -2.13. The van der Waals surface area contributed by atoms with Crippen molar-refractivity contribution in [3.05, 3.63) is 59.7 Å². The van der Waals surface area contributed by atoms with Crippen molar-refractivity contribution < 1.29 is 14.6 Å². The fraction of sp³-hybridized carbons (Fsp3) is 0.235. The Morgan fingerprint density at radius 3 is 2.57 bits per heavy atom. The fourth-order valence-corrected chi connectivity index (χ4v) is 2.08. The maximum atomic E-state index is 12.1. The number of phenolic OH excluding ortho intramolecular Hbond substituents is 1. The maximum Gasteiger partial charge on any atom is 0.251 e. The first-order valence-corrected chi connectivity index (χ1v) is 6.82. The molecule has 2 aromatic carbocycles. The first-order valence-electron chi connectivity index (χ1n) is 6.82. The number of hydrogen-bond acceptors (Lipinski definition) is 3. The lowest BCUT2D eigenvalue weighted by Crippen LogP contribution is -2.27. The van der Waals surface area contributed by atoms with Crippen LogP contribution in [0.5, 0.6) is 11.5 Å². The van der Waals surface area contributed by atoms with Gasteiger partial charge in [0.05, 0.1) is 7.11 Å². The number of ether oxygens (including phenoxy) is 1. The predicted molar refractivity (Wildman–Crippen MR) is 81.8 cm³/mol. The SMILES string of the molecule is COc1ccc(C(=O)NCC(C)c2ccccc2)cc1O. The smallest absolute Gasteiger partial charge is 0.251 e. The summed E-state index contributed by atoms with van der Waals surface area (Å²) in [5.41, 5.74) is 1.59. The molecule has 1 amide bonds. The molecule has 0 heterocycles. The van der Waals surface area contributed by atoms with Crippen molar-refractivity contribution in [2.75, 3.05) is 13.7 Å². The van der Waals surface area contributed by atoms with Crippen LogP contribution < -0.4 is 10.1 Å². The van der Waals surface area contributed by atoms with Crippen LogP contribution in [0.1, 0.15) is 28.8 Å². The first kappa shape index (κ1) is 14.9. The molecule has 1 unspecified atom stereocenters. The van der Waals surface area contributed by atoms with Crippen molar-refractivity contribution in [3.8, 4) is 11.5 Å². The van der Waals surface area contributed by atoms with Crippen LogP contribution in [0.3, 0.4) is 0 Å². The summed E-state index contributed by atoms with van der Waals surface area (Å²) in [7, 11) is 1.47. The minimum absolute atomic E-state index is 0.0405. The second-order valence-corrected chi connectivity index (χ2v) is 4.91. The average Bonchev–Trinajstić information content (AvgIpc) is 2.53. The quantitative estimate of drug-likeness (QED) is 0.888. The highest BCUT2D eigenvalue weighted by molar-refractivity contribution is 5.94. The number of hydrogen-bond donors (Lipinski definition) is 2. The third-order valence-electron chi connectivity index (χ3n) is 3.38. The molecule has 1 atom stereocenters. The zero-order chi connectivity index (χ0) is 15.2. The number of amides is 1. The summed E-state index contributed by atoms with van der Waals surface area (Å²) < 4.78 is 4.95. The van der Waals surface area contributed by atoms with Crippen molar-refractivity contribution in [2.24, 2.45) is 0 Å². The van der Waals surface area contributed by atoms with Crippen LogP contribution in [-0.4, -0.2) is 24.7 Å². The monoisotopic (exact) mass is 285 g/mol. The van der Waals surface area contributed by atoms with E-state index in [1.807, 2.05) is 30.3 Å². The van der Waals surface area contributed by atoms with Crippen LogP contribution in [0.2, 0.25) is 0 Å². The van der Waals surface area contributed by atoms with E-state index in [1.54, 1.807) is 12.1 Å². The Kier molecular flexibility index (Phi) is 4.82. The third kappa shape index (κ3) is 3.75. The van der Waals surface area contributed by atoms with Crippen LogP contribution in [0.25, 0.3) is 0 Å². The van der Waals surface area contributed by atoms with Crippen LogP contribution in [0.15, 0.2) is 48.5 Å². The van der Waals surface area contributed by atoms with E-state index >= 15 is 0 Å². The summed E-state index contributed by atoms with van der Waals surface area (Å²) in [5.74, 6) is 0.322. The summed E-state index contributed by atoms with van der Waals surface area (Å²) in [4.78, 5) is 12.1. The van der Waals surface area contributed by atoms with Gasteiger partial charge in [0, 0.05) is 12.1 Å². The maximum absolute atomic E-state index is 12.1. The molecule has 21 heavy (non-hydrogen) atoms. The molecular formula is C17H19NO3. The number of methoxy groups -OCH3 is 1. The fourth-order valence-electron chi connectivity index (χ4n) is 2.08. The number of carbonyl (C=O) groups excluding carboxylic acids is 1. The number of nitrogens with one attached hydrogen (secondary N) is 1. The molecule has 0 spiro atoms. The van der Waals surface area contributed by atoms with Crippen LogP contribution in [0, 0.1) is 0 Å². The Balaban J connectivity index is 1.97. The van der Waals surface area contributed by atoms with Crippen molar-refractivity contribution in [3.63, 3.8) is 0 Å². The molecular weight excluding hydrogens is 266 g/mol. The molecule has 0 aliphatic rings. The second-order valence-electron chi connectivity index (χ2n) is 4.91. The molecule has 0 aromatic heterocycles. The lowest BCUT2D eigenvalue weighted by atomic mass is 10.0. The van der Waals surface area contributed by atoms with E-state index in [4.69, 9.17) is 4.74 Å². The molecule has 0 saturated heterocycles. The van der Waals surface area contributed by atoms with Crippen molar-refractivity contribution >= 4 is 5.91 Å². The van der Waals surface area contributed by atoms with Gasteiger partial charge >= 0.3 is 0 Å². The van der Waals surface area contributed by atoms with Gasteiger partial charge in [0.2, 0.25) is 0 Å². The number of benzene rings is 2. The van der Waals surface area contributed by atoms with Gasteiger partial charge < -0.3 is 15.2 Å². The van der Waals surface area contributed by atoms with Crippen molar-refractivity contribution in [1.82, 2.24) is 5.32 Å². The second kappa shape index (κ2) is 6.79. The van der Waals surface area contributed by atoms with E-state index in [2.05, 4.69) is 12.2 Å². The molecule has 4 heteroatoms. The minimum Gasteiger partial charge on any atom is -0.504 e. The largest absolute Gasteiger partial charge is 0.504 e. The molecule has 0 bridgehead atoms. The van der Waals surface area contributed by atoms with E-state index < -0.39 is 0 Å². The molecule has 0 radical (unpaired) electrons. The highest BCUT2D eigenvalue weighted by Gasteiger charge is 2.11. The molecule has 2 N–H and O–H groups in total. The van der Waals surface area contributed by atoms with Gasteiger partial charge in [-0.1, -0.05) is 37.3 Å². The zero-order valence-corrected chi connectivity index (χ0v) is 12.2. The third-order valence-corrected chi connectivity index (χ3v) is 3.38. The van der Waals surface area contributed by atoms with Gasteiger partial charge in [-0.05, 0) is 29.7 Å². The Morgan fingerprint density at radius 2 is 1.95 bits per heavy atom. The summed E-state index contributed by atoms with van der Waals surface area (Å²) in [5, 5.41) is 12.6. The van der Waals surface area contributed by atoms with Gasteiger partial charge in [-0.15, -0.1) is 0 Å². The number of aromatic hydroxyl groups is 1. The van der Waals surface area contributed by atoms with Gasteiger partial charge in [-0.3, -0.25) is 4.79 Å². The molecule has 0 aliphatic carbocycles. The summed E-state index contributed by atoms with van der Waals surface area (Å²) in [6.45, 7) is 2.59. The predicted octanol–water partition coefficient (Wildman–Crippen LogP) is 2.93. The summed E-state index contributed by atoms with van der Waals surface area (Å²) >= 11 is 0. The van der Waals surface area contributed by atoms with Gasteiger partial charge in [0.25, 0.3) is 5.91 Å². The Bertz CT molecular complexity index is 611. The summed E-state index contributed by atoms with van der Waals surface area (Å²) in [6, 6.07) is 14.6. The van der Waals surface area contributed by atoms with E-state index in [-0.39, 0.29) is 17.6 Å². The lowest BCUT2D eigenvalue weighted by molar-refractivity contribution is 0.0951. The highest BCUT2D eigenvalue weighted by Crippen LogP contribution is 2.26. The Morgan fingerprint density at radius 1 is 1.24 bits per heavy atom. The number of carbonyl (C=O) groups is 1. The normalized spacial score (nSPS) is 11.7. The molecule has 2 rings (SSSR count). The number of rotatable bonds is 5. The van der Waals surface area contributed by atoms with Crippen LogP contribution in [-0.2, 0) is 0 Å². The minimum atomic E-state index is -0.212. The van der Waals surface area contributed by atoms with E-state index in [1.165, 1.54) is 18.7 Å². The topological polar surface area (TPSA) is 58.6 Å². The van der Waals surface area contributed by atoms with Crippen LogP contribution >= 0.6 is 0 Å². The van der Waals surface area contributed by atoms with Gasteiger partial charge in [-0.25, -0.2) is 0 Å².